The van der Waals surface area contributed by atoms with E-state index in [1.54, 1.807) is 49.4 Å². The minimum absolute atomic E-state index is 0.233. The van der Waals surface area contributed by atoms with Crippen molar-refractivity contribution in [1.29, 1.82) is 0 Å². The van der Waals surface area contributed by atoms with E-state index in [9.17, 15) is 4.39 Å². The van der Waals surface area contributed by atoms with Crippen LogP contribution in [0.4, 0.5) is 4.39 Å². The first-order valence-corrected chi connectivity index (χ1v) is 8.82. The van der Waals surface area contributed by atoms with Crippen LogP contribution in [-0.2, 0) is 4.74 Å². The lowest BCUT2D eigenvalue weighted by molar-refractivity contribution is 0.296. The van der Waals surface area contributed by atoms with Crippen LogP contribution in [0.1, 0.15) is 12.5 Å². The number of nitrogens with zero attached hydrogens (tertiary/aromatic N) is 2. The van der Waals surface area contributed by atoms with Crippen LogP contribution in [-0.4, -0.2) is 36.0 Å². The van der Waals surface area contributed by atoms with Crippen LogP contribution in [0, 0.1) is 5.82 Å². The van der Waals surface area contributed by atoms with E-state index in [0.717, 1.165) is 0 Å². The van der Waals surface area contributed by atoms with Crippen molar-refractivity contribution in [1.82, 2.24) is 10.2 Å². The van der Waals surface area contributed by atoms with Crippen LogP contribution in [0.3, 0.4) is 0 Å². The van der Waals surface area contributed by atoms with Crippen molar-refractivity contribution >= 4 is 11.5 Å². The molecule has 156 valence electrons. The van der Waals surface area contributed by atoms with Gasteiger partial charge in [-0.1, -0.05) is 12.7 Å². The van der Waals surface area contributed by atoms with Gasteiger partial charge in [0.25, 0.3) is 0 Å². The summed E-state index contributed by atoms with van der Waals surface area (Å²) in [4.78, 5) is 5.95. The summed E-state index contributed by atoms with van der Waals surface area (Å²) in [5.74, 6) is 0.358. The zero-order chi connectivity index (χ0) is 21.8. The number of aliphatic hydroxyl groups excluding tert-OH is 1. The molecule has 6 N–H and O–H groups in total. The molecule has 0 saturated heterocycles. The Morgan fingerprint density at radius 1 is 1.34 bits per heavy atom. The van der Waals surface area contributed by atoms with Crippen molar-refractivity contribution in [3.8, 4) is 0 Å². The number of rotatable bonds is 7. The van der Waals surface area contributed by atoms with Gasteiger partial charge in [-0.25, -0.2) is 9.38 Å². The van der Waals surface area contributed by atoms with E-state index < -0.39 is 0 Å². The zero-order valence-corrected chi connectivity index (χ0v) is 16.7. The van der Waals surface area contributed by atoms with Crippen LogP contribution < -0.4 is 16.8 Å². The molecule has 1 aliphatic rings. The minimum atomic E-state index is -0.348. The second kappa shape index (κ2) is 12.2. The number of hydrogen-bond acceptors (Lipinski definition) is 6. The molecule has 0 amide bonds. The number of benzene rings is 1. The predicted molar refractivity (Wildman–Crippen MR) is 115 cm³/mol. The van der Waals surface area contributed by atoms with Gasteiger partial charge in [-0.15, -0.1) is 0 Å². The van der Waals surface area contributed by atoms with Crippen molar-refractivity contribution in [2.45, 2.75) is 6.92 Å². The average molecular weight is 401 g/mol. The van der Waals surface area contributed by atoms with E-state index in [-0.39, 0.29) is 12.4 Å². The average Bonchev–Trinajstić information content (AvgIpc) is 3.09. The first-order chi connectivity index (χ1) is 13.8. The molecule has 1 aromatic carbocycles. The second-order valence-electron chi connectivity index (χ2n) is 5.80. The lowest BCUT2D eigenvalue weighted by Gasteiger charge is -2.22. The molecular weight excluding hydrogens is 373 g/mol. The van der Waals surface area contributed by atoms with Crippen LogP contribution in [0.25, 0.3) is 5.70 Å². The molecule has 0 fully saturated rings. The standard InChI is InChI=1S/C18H19FN4O.C3H9NO/c1-4-5-16(22-12(2)20)18(23-10-11-24-13(23)3)17(21)14-6-8-15(19)9-7-14;1-4-2-3-5/h4-11H,1,3,21H2,2H3,(H2,20,22);4-5H,2-3H2,1H3/b16-5-,18-17-;. The topological polar surface area (TPSA) is 109 Å². The van der Waals surface area contributed by atoms with Crippen molar-refractivity contribution in [2.24, 2.45) is 16.5 Å². The van der Waals surface area contributed by atoms with Gasteiger partial charge in [0.15, 0.2) is 5.88 Å². The summed E-state index contributed by atoms with van der Waals surface area (Å²) in [7, 11) is 1.80. The Bertz CT molecular complexity index is 820. The molecule has 1 aromatic rings. The van der Waals surface area contributed by atoms with Gasteiger partial charge < -0.3 is 26.6 Å². The highest BCUT2D eigenvalue weighted by Crippen LogP contribution is 2.30. The summed E-state index contributed by atoms with van der Waals surface area (Å²) < 4.78 is 18.4. The van der Waals surface area contributed by atoms with Gasteiger partial charge >= 0.3 is 0 Å². The maximum atomic E-state index is 13.2. The molecule has 0 aliphatic carbocycles. The predicted octanol–water partition coefficient (Wildman–Crippen LogP) is 2.37. The van der Waals surface area contributed by atoms with E-state index in [2.05, 4.69) is 23.5 Å². The Morgan fingerprint density at radius 2 is 2.00 bits per heavy atom. The van der Waals surface area contributed by atoms with Crippen molar-refractivity contribution in [3.05, 3.63) is 90.7 Å². The van der Waals surface area contributed by atoms with E-state index in [1.807, 2.05) is 0 Å². The number of aliphatic hydroxyl groups is 1. The van der Waals surface area contributed by atoms with Gasteiger partial charge in [0.05, 0.1) is 29.5 Å². The Labute approximate surface area is 170 Å². The van der Waals surface area contributed by atoms with Gasteiger partial charge in [0.1, 0.15) is 12.1 Å². The number of halogens is 1. The molecule has 7 nitrogen and oxygen atoms in total. The monoisotopic (exact) mass is 401 g/mol. The molecule has 0 unspecified atom stereocenters. The summed E-state index contributed by atoms with van der Waals surface area (Å²) in [6, 6.07) is 5.83. The Kier molecular flexibility index (Phi) is 9.94. The Hall–Kier alpha value is -3.36. The first kappa shape index (κ1) is 23.7. The number of nitrogens with one attached hydrogen (secondary N) is 1. The zero-order valence-electron chi connectivity index (χ0n) is 16.7. The van der Waals surface area contributed by atoms with E-state index >= 15 is 0 Å². The summed E-state index contributed by atoms with van der Waals surface area (Å²) >= 11 is 0. The van der Waals surface area contributed by atoms with Crippen LogP contribution in [0.2, 0.25) is 0 Å². The van der Waals surface area contributed by atoms with E-state index in [4.69, 9.17) is 21.3 Å². The van der Waals surface area contributed by atoms with Gasteiger partial charge in [-0.05, 0) is 56.5 Å². The highest BCUT2D eigenvalue weighted by atomic mass is 19.1. The molecule has 0 spiro atoms. The van der Waals surface area contributed by atoms with E-state index in [1.165, 1.54) is 18.4 Å². The van der Waals surface area contributed by atoms with Crippen LogP contribution in [0.15, 0.2) is 84.3 Å². The van der Waals surface area contributed by atoms with Crippen LogP contribution in [0.5, 0.6) is 0 Å². The van der Waals surface area contributed by atoms with Crippen molar-refractivity contribution in [2.75, 3.05) is 20.2 Å². The summed E-state index contributed by atoms with van der Waals surface area (Å²) in [5, 5.41) is 10.8. The molecule has 1 heterocycles. The third kappa shape index (κ3) is 7.28. The Morgan fingerprint density at radius 3 is 2.41 bits per heavy atom. The van der Waals surface area contributed by atoms with Gasteiger partial charge in [0.2, 0.25) is 0 Å². The largest absolute Gasteiger partial charge is 0.447 e. The first-order valence-electron chi connectivity index (χ1n) is 8.82. The lowest BCUT2D eigenvalue weighted by Crippen LogP contribution is -2.20. The fraction of sp³-hybridized carbons (Fsp3) is 0.190. The highest BCUT2D eigenvalue weighted by molar-refractivity contribution is 5.80. The number of nitrogens with two attached hydrogens (primary N) is 2. The maximum absolute atomic E-state index is 13.2. The quantitative estimate of drug-likeness (QED) is 0.317. The third-order valence-electron chi connectivity index (χ3n) is 3.51. The smallest absolute Gasteiger partial charge is 0.196 e. The summed E-state index contributed by atoms with van der Waals surface area (Å²) in [6.07, 6.45) is 6.38. The van der Waals surface area contributed by atoms with Crippen molar-refractivity contribution in [3.63, 3.8) is 0 Å². The Balaban J connectivity index is 0.000000749. The van der Waals surface area contributed by atoms with Gasteiger partial charge in [-0.3, -0.25) is 4.90 Å². The van der Waals surface area contributed by atoms with Gasteiger partial charge in [0, 0.05) is 12.7 Å². The van der Waals surface area contributed by atoms with E-state index in [0.29, 0.717) is 40.9 Å². The fourth-order valence-electron chi connectivity index (χ4n) is 2.25. The molecule has 2 rings (SSSR count). The number of allylic oxidation sites excluding steroid dienone is 2. The fourth-order valence-corrected chi connectivity index (χ4v) is 2.25. The number of aliphatic imine (C=N–C) groups is 1. The number of hydrogen-bond donors (Lipinski definition) is 4. The number of ether oxygens (including phenoxy) is 1. The second-order valence-corrected chi connectivity index (χ2v) is 5.80. The SMILES string of the molecule is C=C/C=C(N=C(C)N)/C(=C(/N)c1ccc(F)cc1)N1C=COC1=C.CNCCO. The lowest BCUT2D eigenvalue weighted by atomic mass is 10.1. The minimum Gasteiger partial charge on any atom is -0.447 e. The molecule has 1 aliphatic heterocycles. The molecule has 8 heteroatoms. The molecule has 0 saturated carbocycles. The third-order valence-corrected chi connectivity index (χ3v) is 3.51. The maximum Gasteiger partial charge on any atom is 0.196 e. The highest BCUT2D eigenvalue weighted by Gasteiger charge is 2.23. The molecule has 0 aromatic heterocycles. The van der Waals surface area contributed by atoms with Gasteiger partial charge in [-0.2, -0.15) is 0 Å². The molecular formula is C21H28FN5O2. The molecule has 0 bridgehead atoms. The van der Waals surface area contributed by atoms with Crippen molar-refractivity contribution < 1.29 is 14.2 Å². The van der Waals surface area contributed by atoms with Crippen LogP contribution >= 0.6 is 0 Å². The summed E-state index contributed by atoms with van der Waals surface area (Å²) in [5.41, 5.74) is 14.0. The molecule has 0 atom stereocenters. The molecule has 29 heavy (non-hydrogen) atoms. The normalized spacial score (nSPS) is 14.8. The number of amidine groups is 1. The molecule has 0 radical (unpaired) electrons. The summed E-state index contributed by atoms with van der Waals surface area (Å²) in [6.45, 7) is 10.1. The number of likely N-dealkylation sites (N-methyl/N-ethyl adjacent to an activating group) is 1.